The van der Waals surface area contributed by atoms with Crippen LogP contribution in [0.5, 0.6) is 0 Å². The molecule has 0 aromatic carbocycles. The second-order valence-electron chi connectivity index (χ2n) is 15.4. The lowest BCUT2D eigenvalue weighted by atomic mass is 10.1. The number of hydrogen-bond donors (Lipinski definition) is 7. The lowest BCUT2D eigenvalue weighted by Gasteiger charge is -2.22. The Balaban J connectivity index is 2.04. The van der Waals surface area contributed by atoms with E-state index in [-0.39, 0.29) is 52.2 Å². The van der Waals surface area contributed by atoms with E-state index in [2.05, 4.69) is 31.9 Å². The SMILES string of the molecule is CC(C)(C)OC(=O)CC[C@H](NC(=O)CN1C(=O)C=CC1=O)C(=O)NCC(=O)NCC(=O)NCC(=O)NCC(=O)NCCOCCOCCOCCOCCOCCOCCOCCOCCC(N)=O. The van der Waals surface area contributed by atoms with E-state index < -0.39 is 97.0 Å². The zero-order valence-corrected chi connectivity index (χ0v) is 39.7. The Labute approximate surface area is 400 Å². The van der Waals surface area contributed by atoms with Crippen LogP contribution in [-0.2, 0) is 90.6 Å². The zero-order valence-electron chi connectivity index (χ0n) is 39.7. The summed E-state index contributed by atoms with van der Waals surface area (Å²) in [5, 5.41) is 14.0. The van der Waals surface area contributed by atoms with Crippen molar-refractivity contribution in [1.82, 2.24) is 36.8 Å². The summed E-state index contributed by atoms with van der Waals surface area (Å²) < 4.78 is 48.3. The first-order valence-corrected chi connectivity index (χ1v) is 22.3. The fraction of sp³-hybridized carbons (Fsp3) is 0.714. The molecule has 0 saturated heterocycles. The highest BCUT2D eigenvalue weighted by Gasteiger charge is 2.29. The van der Waals surface area contributed by atoms with Crippen molar-refractivity contribution in [3.05, 3.63) is 12.2 Å². The van der Waals surface area contributed by atoms with Gasteiger partial charge in [-0.3, -0.25) is 52.8 Å². The Morgan fingerprint density at radius 2 is 0.870 bits per heavy atom. The number of hydrogen-bond acceptors (Lipinski definition) is 19. The molecule has 27 nitrogen and oxygen atoms in total. The van der Waals surface area contributed by atoms with E-state index in [1.165, 1.54) is 0 Å². The molecule has 69 heavy (non-hydrogen) atoms. The normalized spacial score (nSPS) is 12.6. The van der Waals surface area contributed by atoms with Crippen molar-refractivity contribution in [3.8, 4) is 0 Å². The van der Waals surface area contributed by atoms with Crippen molar-refractivity contribution in [2.75, 3.05) is 145 Å². The van der Waals surface area contributed by atoms with Crippen molar-refractivity contribution in [1.29, 1.82) is 0 Å². The van der Waals surface area contributed by atoms with E-state index in [0.717, 1.165) is 12.2 Å². The molecule has 0 aromatic rings. The number of esters is 1. The molecule has 0 radical (unpaired) electrons. The summed E-state index contributed by atoms with van der Waals surface area (Å²) in [6.07, 6.45) is 1.61. The monoisotopic (exact) mass is 990 g/mol. The highest BCUT2D eigenvalue weighted by molar-refractivity contribution is 6.14. The molecule has 1 rings (SSSR count). The van der Waals surface area contributed by atoms with E-state index in [1.54, 1.807) is 20.8 Å². The average Bonchev–Trinajstić information content (AvgIpc) is 3.60. The Bertz CT molecular complexity index is 1630. The Kier molecular flexibility index (Phi) is 34.0. The van der Waals surface area contributed by atoms with Gasteiger partial charge in [0.15, 0.2) is 0 Å². The minimum absolute atomic E-state index is 0.172. The Morgan fingerprint density at radius 1 is 0.507 bits per heavy atom. The van der Waals surface area contributed by atoms with Crippen LogP contribution in [0.25, 0.3) is 0 Å². The molecular weight excluding hydrogens is 920 g/mol. The number of carbonyl (C=O) groups is 10. The second-order valence-corrected chi connectivity index (χ2v) is 15.4. The standard InChI is InChI=1S/C42H70N8O19/c1-42(2,3)69-40(59)7-4-31(49-37(56)30-50-38(57)5-6-39(50)58)41(60)48-29-36(55)47-28-35(54)46-27-34(53)45-26-33(52)44-9-11-62-13-15-64-17-19-66-21-23-68-25-24-67-22-20-65-18-16-63-14-12-61-10-8-32(43)51/h5-6,31H,4,7-30H2,1-3H3,(H2,43,51)(H,44,52)(H,45,53)(H,46,54)(H,47,55)(H,48,60)(H,49,56)/t31-/m0/s1. The van der Waals surface area contributed by atoms with E-state index in [0.29, 0.717) is 90.8 Å². The van der Waals surface area contributed by atoms with Gasteiger partial charge in [-0.15, -0.1) is 0 Å². The number of nitrogens with two attached hydrogens (primary N) is 1. The van der Waals surface area contributed by atoms with Crippen LogP contribution in [0.4, 0.5) is 0 Å². The molecule has 1 aliphatic rings. The summed E-state index contributed by atoms with van der Waals surface area (Å²) in [5.41, 5.74) is 4.20. The van der Waals surface area contributed by atoms with Crippen LogP contribution in [0, 0.1) is 0 Å². The van der Waals surface area contributed by atoms with Crippen molar-refractivity contribution in [2.45, 2.75) is 51.7 Å². The minimum Gasteiger partial charge on any atom is -0.460 e. The number of rotatable bonds is 42. The summed E-state index contributed by atoms with van der Waals surface area (Å²) in [5.74, 6) is -7.01. The average molecular weight is 991 g/mol. The molecular formula is C42H70N8O19. The Morgan fingerprint density at radius 3 is 1.26 bits per heavy atom. The van der Waals surface area contributed by atoms with Gasteiger partial charge in [0.1, 0.15) is 18.2 Å². The molecule has 0 aliphatic carbocycles. The van der Waals surface area contributed by atoms with Crippen LogP contribution in [0.3, 0.4) is 0 Å². The van der Waals surface area contributed by atoms with Crippen LogP contribution in [0.2, 0.25) is 0 Å². The number of carbonyl (C=O) groups excluding carboxylic acids is 10. The first-order chi connectivity index (χ1) is 33.0. The van der Waals surface area contributed by atoms with E-state index in [1.807, 2.05) is 0 Å². The van der Waals surface area contributed by atoms with Crippen molar-refractivity contribution < 1.29 is 90.6 Å². The zero-order chi connectivity index (χ0) is 51.1. The smallest absolute Gasteiger partial charge is 0.306 e. The van der Waals surface area contributed by atoms with Gasteiger partial charge in [-0.05, 0) is 27.2 Å². The number of nitrogens with one attached hydrogen (secondary N) is 6. The summed E-state index contributed by atoms with van der Waals surface area (Å²) >= 11 is 0. The molecule has 8 N–H and O–H groups in total. The Hall–Kier alpha value is -5.68. The summed E-state index contributed by atoms with van der Waals surface area (Å²) in [7, 11) is 0. The maximum atomic E-state index is 12.9. The molecule has 0 saturated carbocycles. The molecule has 0 aromatic heterocycles. The topological polar surface area (TPSA) is 355 Å². The fourth-order valence-corrected chi connectivity index (χ4v) is 5.05. The van der Waals surface area contributed by atoms with E-state index in [4.69, 9.17) is 48.4 Å². The van der Waals surface area contributed by atoms with Crippen LogP contribution < -0.4 is 37.6 Å². The molecule has 0 fully saturated rings. The number of amides is 9. The number of primary amides is 1. The predicted octanol–water partition coefficient (Wildman–Crippen LogP) is -4.89. The molecule has 392 valence electrons. The fourth-order valence-electron chi connectivity index (χ4n) is 5.05. The maximum Gasteiger partial charge on any atom is 0.306 e. The highest BCUT2D eigenvalue weighted by atomic mass is 16.6. The third-order valence-electron chi connectivity index (χ3n) is 8.34. The molecule has 0 unspecified atom stereocenters. The van der Waals surface area contributed by atoms with Crippen LogP contribution in [-0.4, -0.2) is 221 Å². The van der Waals surface area contributed by atoms with Gasteiger partial charge < -0.3 is 80.3 Å². The molecule has 27 heteroatoms. The molecule has 1 heterocycles. The highest BCUT2D eigenvalue weighted by Crippen LogP contribution is 2.11. The number of ether oxygens (including phenoxy) is 9. The molecule has 0 spiro atoms. The molecule has 1 aliphatic heterocycles. The first kappa shape index (κ1) is 61.3. The lowest BCUT2D eigenvalue weighted by molar-refractivity contribution is -0.155. The third kappa shape index (κ3) is 36.0. The van der Waals surface area contributed by atoms with Gasteiger partial charge in [-0.2, -0.15) is 0 Å². The summed E-state index contributed by atoms with van der Waals surface area (Å²) in [6.45, 7) is 8.28. The van der Waals surface area contributed by atoms with Crippen LogP contribution in [0.1, 0.15) is 40.0 Å². The van der Waals surface area contributed by atoms with Gasteiger partial charge in [0.05, 0.1) is 132 Å². The molecule has 1 atom stereocenters. The molecule has 9 amide bonds. The minimum atomic E-state index is -1.37. The summed E-state index contributed by atoms with van der Waals surface area (Å²) in [4.78, 5) is 121. The van der Waals surface area contributed by atoms with Gasteiger partial charge in [-0.25, -0.2) is 0 Å². The molecule has 0 bridgehead atoms. The quantitative estimate of drug-likeness (QED) is 0.0171. The number of imide groups is 1. The first-order valence-electron chi connectivity index (χ1n) is 22.3. The van der Waals surface area contributed by atoms with E-state index >= 15 is 0 Å². The van der Waals surface area contributed by atoms with Gasteiger partial charge in [0.25, 0.3) is 11.8 Å². The van der Waals surface area contributed by atoms with E-state index in [9.17, 15) is 47.9 Å². The summed E-state index contributed by atoms with van der Waals surface area (Å²) in [6, 6.07) is -1.37. The lowest BCUT2D eigenvalue weighted by Crippen LogP contribution is -2.52. The van der Waals surface area contributed by atoms with Crippen molar-refractivity contribution >= 4 is 59.1 Å². The number of nitrogens with zero attached hydrogens (tertiary/aromatic N) is 1. The van der Waals surface area contributed by atoms with Crippen molar-refractivity contribution in [2.24, 2.45) is 5.73 Å². The third-order valence-corrected chi connectivity index (χ3v) is 8.34. The van der Waals surface area contributed by atoms with Crippen LogP contribution >= 0.6 is 0 Å². The van der Waals surface area contributed by atoms with Crippen molar-refractivity contribution in [3.63, 3.8) is 0 Å². The second kappa shape index (κ2) is 38.2. The van der Waals surface area contributed by atoms with Gasteiger partial charge in [0.2, 0.25) is 41.4 Å². The van der Waals surface area contributed by atoms with Gasteiger partial charge in [0, 0.05) is 31.5 Å². The predicted molar refractivity (Wildman–Crippen MR) is 238 cm³/mol. The van der Waals surface area contributed by atoms with Crippen LogP contribution in [0.15, 0.2) is 12.2 Å². The maximum absolute atomic E-state index is 12.9. The largest absolute Gasteiger partial charge is 0.460 e. The van der Waals surface area contributed by atoms with Gasteiger partial charge in [-0.1, -0.05) is 0 Å². The van der Waals surface area contributed by atoms with Gasteiger partial charge >= 0.3 is 5.97 Å².